The molecule has 0 aromatic heterocycles. The summed E-state index contributed by atoms with van der Waals surface area (Å²) in [5.74, 6) is 1.80. The van der Waals surface area contributed by atoms with E-state index in [2.05, 4.69) is 25.2 Å². The fraction of sp³-hybridized carbons (Fsp3) is 0.435. The second kappa shape index (κ2) is 8.94. The predicted octanol–water partition coefficient (Wildman–Crippen LogP) is 5.08. The fourth-order valence-electron chi connectivity index (χ4n) is 3.17. The zero-order valence-electron chi connectivity index (χ0n) is 17.4. The molecule has 1 amide bonds. The maximum atomic E-state index is 12.6. The van der Waals surface area contributed by atoms with E-state index in [1.807, 2.05) is 51.1 Å². The fourth-order valence-corrected chi connectivity index (χ4v) is 3.17. The largest absolute Gasteiger partial charge is 0.496 e. The van der Waals surface area contributed by atoms with Gasteiger partial charge in [0.05, 0.1) is 13.2 Å². The number of carbonyl (C=O) groups is 1. The molecule has 27 heavy (non-hydrogen) atoms. The molecule has 4 heteroatoms. The van der Waals surface area contributed by atoms with Gasteiger partial charge in [0.2, 0.25) is 0 Å². The van der Waals surface area contributed by atoms with Crippen molar-refractivity contribution in [1.82, 2.24) is 5.32 Å². The number of rotatable bonds is 7. The summed E-state index contributed by atoms with van der Waals surface area (Å²) in [6.45, 7) is 12.1. The summed E-state index contributed by atoms with van der Waals surface area (Å²) in [5, 5.41) is 3.07. The molecule has 0 heterocycles. The molecule has 0 unspecified atom stereocenters. The Labute approximate surface area is 162 Å². The Morgan fingerprint density at radius 3 is 2.30 bits per heavy atom. The number of hydrogen-bond acceptors (Lipinski definition) is 3. The first-order chi connectivity index (χ1) is 12.7. The normalized spacial score (nSPS) is 13.2. The van der Waals surface area contributed by atoms with E-state index in [0.717, 1.165) is 28.0 Å². The number of hydrogen-bond donors (Lipinski definition) is 1. The van der Waals surface area contributed by atoms with Gasteiger partial charge in [-0.2, -0.15) is 0 Å². The Hall–Kier alpha value is -2.49. The average Bonchev–Trinajstić information content (AvgIpc) is 2.60. The van der Waals surface area contributed by atoms with Crippen LogP contribution >= 0.6 is 0 Å². The van der Waals surface area contributed by atoms with E-state index in [-0.39, 0.29) is 11.9 Å². The Morgan fingerprint density at radius 1 is 1.00 bits per heavy atom. The average molecular weight is 370 g/mol. The van der Waals surface area contributed by atoms with Gasteiger partial charge in [-0.3, -0.25) is 4.79 Å². The molecule has 2 rings (SSSR count). The van der Waals surface area contributed by atoms with Crippen LogP contribution in [0.2, 0.25) is 0 Å². The topological polar surface area (TPSA) is 47.6 Å². The molecule has 0 bridgehead atoms. The van der Waals surface area contributed by atoms with Gasteiger partial charge in [0.25, 0.3) is 5.91 Å². The molecular formula is C23H31NO3. The summed E-state index contributed by atoms with van der Waals surface area (Å²) < 4.78 is 11.3. The lowest BCUT2D eigenvalue weighted by atomic mass is 9.93. The van der Waals surface area contributed by atoms with Gasteiger partial charge in [0.15, 0.2) is 6.10 Å². The number of amides is 1. The molecule has 4 nitrogen and oxygen atoms in total. The first-order valence-electron chi connectivity index (χ1n) is 9.45. The van der Waals surface area contributed by atoms with Crippen molar-refractivity contribution in [2.24, 2.45) is 0 Å². The second-order valence-electron chi connectivity index (χ2n) is 7.41. The van der Waals surface area contributed by atoms with Crippen molar-refractivity contribution in [3.63, 3.8) is 0 Å². The van der Waals surface area contributed by atoms with Crippen LogP contribution in [0.3, 0.4) is 0 Å². The highest BCUT2D eigenvalue weighted by Crippen LogP contribution is 2.32. The molecule has 0 saturated carbocycles. The molecule has 146 valence electrons. The molecule has 0 radical (unpaired) electrons. The van der Waals surface area contributed by atoms with Crippen molar-refractivity contribution in [2.45, 2.75) is 59.6 Å². The van der Waals surface area contributed by atoms with Crippen LogP contribution in [0.15, 0.2) is 36.4 Å². The number of aryl methyl sites for hydroxylation is 2. The first kappa shape index (κ1) is 20.8. The lowest BCUT2D eigenvalue weighted by Crippen LogP contribution is -2.38. The highest BCUT2D eigenvalue weighted by Gasteiger charge is 2.20. The third-order valence-electron chi connectivity index (χ3n) is 4.74. The number of ether oxygens (including phenoxy) is 2. The van der Waals surface area contributed by atoms with Crippen molar-refractivity contribution >= 4 is 5.91 Å². The monoisotopic (exact) mass is 369 g/mol. The summed E-state index contributed by atoms with van der Waals surface area (Å²) in [4.78, 5) is 12.6. The second-order valence-corrected chi connectivity index (χ2v) is 7.41. The van der Waals surface area contributed by atoms with E-state index < -0.39 is 6.10 Å². The molecular weight excluding hydrogens is 338 g/mol. The van der Waals surface area contributed by atoms with Gasteiger partial charge in [-0.05, 0) is 80.1 Å². The van der Waals surface area contributed by atoms with Gasteiger partial charge >= 0.3 is 0 Å². The van der Waals surface area contributed by atoms with E-state index in [1.54, 1.807) is 14.0 Å². The summed E-state index contributed by atoms with van der Waals surface area (Å²) in [7, 11) is 1.69. The van der Waals surface area contributed by atoms with E-state index >= 15 is 0 Å². The molecule has 0 spiro atoms. The Balaban J connectivity index is 2.12. The first-order valence-corrected chi connectivity index (χ1v) is 9.45. The molecule has 0 aliphatic heterocycles. The Kier molecular flexibility index (Phi) is 6.89. The van der Waals surface area contributed by atoms with Crippen LogP contribution < -0.4 is 14.8 Å². The zero-order valence-corrected chi connectivity index (χ0v) is 17.4. The third-order valence-corrected chi connectivity index (χ3v) is 4.74. The lowest BCUT2D eigenvalue weighted by molar-refractivity contribution is -0.127. The minimum Gasteiger partial charge on any atom is -0.496 e. The lowest BCUT2D eigenvalue weighted by Gasteiger charge is -2.23. The molecule has 0 fully saturated rings. The van der Waals surface area contributed by atoms with Crippen molar-refractivity contribution in [1.29, 1.82) is 0 Å². The molecule has 0 aliphatic carbocycles. The standard InChI is InChI=1S/C23H31NO3/c1-14(2)20-13-21(16(4)12-22(20)26-7)17(5)24-23(25)18(6)27-19-10-8-9-15(3)11-19/h8-14,17-18H,1-7H3,(H,24,25)/t17-,18-/m0/s1. The highest BCUT2D eigenvalue weighted by atomic mass is 16.5. The summed E-state index contributed by atoms with van der Waals surface area (Å²) in [5.41, 5.74) is 4.43. The van der Waals surface area contributed by atoms with Crippen LogP contribution in [0.25, 0.3) is 0 Å². The predicted molar refractivity (Wildman–Crippen MR) is 110 cm³/mol. The number of carbonyl (C=O) groups excluding carboxylic acids is 1. The van der Waals surface area contributed by atoms with E-state index in [9.17, 15) is 4.79 Å². The quantitative estimate of drug-likeness (QED) is 0.740. The Morgan fingerprint density at radius 2 is 1.70 bits per heavy atom. The number of methoxy groups -OCH3 is 1. The number of benzene rings is 2. The van der Waals surface area contributed by atoms with Crippen LogP contribution in [0.4, 0.5) is 0 Å². The molecule has 1 N–H and O–H groups in total. The maximum Gasteiger partial charge on any atom is 0.261 e. The summed E-state index contributed by atoms with van der Waals surface area (Å²) >= 11 is 0. The minimum atomic E-state index is -0.572. The van der Waals surface area contributed by atoms with Crippen molar-refractivity contribution in [2.75, 3.05) is 7.11 Å². The van der Waals surface area contributed by atoms with Crippen LogP contribution in [0.5, 0.6) is 11.5 Å². The zero-order chi connectivity index (χ0) is 20.1. The van der Waals surface area contributed by atoms with Crippen LogP contribution in [0.1, 0.15) is 61.9 Å². The smallest absolute Gasteiger partial charge is 0.261 e. The van der Waals surface area contributed by atoms with Gasteiger partial charge < -0.3 is 14.8 Å². The third kappa shape index (κ3) is 5.25. The van der Waals surface area contributed by atoms with Gasteiger partial charge in [-0.1, -0.05) is 26.0 Å². The molecule has 0 aliphatic rings. The molecule has 0 saturated heterocycles. The van der Waals surface area contributed by atoms with Gasteiger partial charge in [-0.15, -0.1) is 0 Å². The van der Waals surface area contributed by atoms with Gasteiger partial charge in [0.1, 0.15) is 11.5 Å². The van der Waals surface area contributed by atoms with Crippen molar-refractivity contribution in [3.8, 4) is 11.5 Å². The summed E-state index contributed by atoms with van der Waals surface area (Å²) in [6.07, 6.45) is -0.572. The SMILES string of the molecule is COc1cc(C)c([C@H](C)NC(=O)[C@H](C)Oc2cccc(C)c2)cc1C(C)C. The van der Waals surface area contributed by atoms with Crippen LogP contribution in [-0.2, 0) is 4.79 Å². The minimum absolute atomic E-state index is 0.121. The maximum absolute atomic E-state index is 12.6. The van der Waals surface area contributed by atoms with E-state index in [0.29, 0.717) is 11.7 Å². The van der Waals surface area contributed by atoms with Crippen LogP contribution in [0, 0.1) is 13.8 Å². The molecule has 2 aromatic carbocycles. The Bertz CT molecular complexity index is 798. The summed E-state index contributed by atoms with van der Waals surface area (Å²) in [6, 6.07) is 11.8. The van der Waals surface area contributed by atoms with E-state index in [4.69, 9.17) is 9.47 Å². The number of nitrogens with one attached hydrogen (secondary N) is 1. The highest BCUT2D eigenvalue weighted by molar-refractivity contribution is 5.81. The van der Waals surface area contributed by atoms with Crippen molar-refractivity contribution < 1.29 is 14.3 Å². The molecule has 2 atom stereocenters. The van der Waals surface area contributed by atoms with Crippen molar-refractivity contribution in [3.05, 3.63) is 58.7 Å². The van der Waals surface area contributed by atoms with Gasteiger partial charge in [0, 0.05) is 0 Å². The van der Waals surface area contributed by atoms with Gasteiger partial charge in [-0.25, -0.2) is 0 Å². The van der Waals surface area contributed by atoms with Crippen LogP contribution in [-0.4, -0.2) is 19.1 Å². The van der Waals surface area contributed by atoms with E-state index in [1.165, 1.54) is 0 Å². The molecule has 2 aromatic rings.